The molecule has 2 aromatic rings. The lowest BCUT2D eigenvalue weighted by atomic mass is 10.0. The zero-order valence-electron chi connectivity index (χ0n) is 21.7. The Morgan fingerprint density at radius 1 is 1.00 bits per heavy atom. The molecule has 0 spiro atoms. The van der Waals surface area contributed by atoms with Gasteiger partial charge in [-0.1, -0.05) is 13.8 Å². The van der Waals surface area contributed by atoms with Crippen molar-refractivity contribution in [3.8, 4) is 5.75 Å². The highest BCUT2D eigenvalue weighted by Gasteiger charge is 2.52. The number of fused-ring (bicyclic) bond motifs is 1. The van der Waals surface area contributed by atoms with Crippen molar-refractivity contribution in [2.75, 3.05) is 32.1 Å². The summed E-state index contributed by atoms with van der Waals surface area (Å²) in [5, 5.41) is 12.4. The molecule has 0 aliphatic carbocycles. The molecule has 37 heavy (non-hydrogen) atoms. The van der Waals surface area contributed by atoms with Crippen molar-refractivity contribution in [3.63, 3.8) is 0 Å². The van der Waals surface area contributed by atoms with Gasteiger partial charge in [0.05, 0.1) is 12.6 Å². The van der Waals surface area contributed by atoms with Crippen molar-refractivity contribution in [1.82, 2.24) is 15.1 Å². The van der Waals surface area contributed by atoms with Crippen molar-refractivity contribution in [1.29, 1.82) is 0 Å². The molecule has 9 nitrogen and oxygen atoms in total. The molecule has 0 radical (unpaired) electrons. The van der Waals surface area contributed by atoms with Crippen molar-refractivity contribution < 1.29 is 24.3 Å². The van der Waals surface area contributed by atoms with Gasteiger partial charge in [0.1, 0.15) is 17.8 Å². The first kappa shape index (κ1) is 26.2. The van der Waals surface area contributed by atoms with E-state index in [-0.39, 0.29) is 41.7 Å². The maximum absolute atomic E-state index is 13.7. The van der Waals surface area contributed by atoms with Crippen molar-refractivity contribution in [2.24, 2.45) is 5.92 Å². The van der Waals surface area contributed by atoms with Crippen molar-refractivity contribution >= 4 is 29.2 Å². The Bertz CT molecular complexity index is 1180. The van der Waals surface area contributed by atoms with Crippen LogP contribution in [-0.4, -0.2) is 83.7 Å². The molecular formula is C28H34N4O5. The Morgan fingerprint density at radius 2 is 1.62 bits per heavy atom. The number of ketones is 1. The molecule has 2 aliphatic rings. The largest absolute Gasteiger partial charge is 0.508 e. The number of amides is 3. The topological polar surface area (TPSA) is 110 Å². The summed E-state index contributed by atoms with van der Waals surface area (Å²) in [6.45, 7) is 4.22. The van der Waals surface area contributed by atoms with Gasteiger partial charge in [-0.3, -0.25) is 19.2 Å². The number of hydrogen-bond donors (Lipinski definition) is 2. The molecular weight excluding hydrogens is 472 g/mol. The lowest BCUT2D eigenvalue weighted by Crippen LogP contribution is -2.53. The van der Waals surface area contributed by atoms with Crippen LogP contribution in [0, 0.1) is 5.92 Å². The minimum atomic E-state index is -0.783. The van der Waals surface area contributed by atoms with Gasteiger partial charge in [0.2, 0.25) is 5.91 Å². The summed E-state index contributed by atoms with van der Waals surface area (Å²) >= 11 is 0. The number of nitrogens with zero attached hydrogens (tertiary/aromatic N) is 3. The summed E-state index contributed by atoms with van der Waals surface area (Å²) in [5.74, 6) is -0.944. The average Bonchev–Trinajstić information content (AvgIpc) is 3.44. The average molecular weight is 507 g/mol. The lowest BCUT2D eigenvalue weighted by Gasteiger charge is -2.29. The monoisotopic (exact) mass is 506 g/mol. The molecule has 3 amide bonds. The predicted molar refractivity (Wildman–Crippen MR) is 140 cm³/mol. The zero-order valence-corrected chi connectivity index (χ0v) is 21.7. The summed E-state index contributed by atoms with van der Waals surface area (Å²) in [5.41, 5.74) is 1.79. The highest BCUT2D eigenvalue weighted by Crippen LogP contribution is 2.32. The fourth-order valence-corrected chi connectivity index (χ4v) is 5.15. The highest BCUT2D eigenvalue weighted by atomic mass is 16.3. The number of anilines is 1. The molecule has 2 saturated heterocycles. The van der Waals surface area contributed by atoms with Crippen LogP contribution in [0.5, 0.6) is 5.75 Å². The summed E-state index contributed by atoms with van der Waals surface area (Å²) in [7, 11) is 3.83. The maximum Gasteiger partial charge on any atom is 0.254 e. The van der Waals surface area contributed by atoms with Crippen molar-refractivity contribution in [3.05, 3.63) is 59.7 Å². The van der Waals surface area contributed by atoms with E-state index in [0.717, 1.165) is 5.69 Å². The van der Waals surface area contributed by atoms with Crippen LogP contribution >= 0.6 is 0 Å². The smallest absolute Gasteiger partial charge is 0.254 e. The second-order valence-corrected chi connectivity index (χ2v) is 10.4. The van der Waals surface area contributed by atoms with E-state index in [0.29, 0.717) is 30.5 Å². The van der Waals surface area contributed by atoms with Gasteiger partial charge in [-0.15, -0.1) is 0 Å². The Morgan fingerprint density at radius 3 is 2.22 bits per heavy atom. The number of hydrogen-bond acceptors (Lipinski definition) is 6. The van der Waals surface area contributed by atoms with Gasteiger partial charge in [-0.05, 0) is 67.3 Å². The number of carbonyl (C=O) groups is 4. The number of aromatic hydroxyl groups is 1. The van der Waals surface area contributed by atoms with Crippen LogP contribution in [0.25, 0.3) is 0 Å². The van der Waals surface area contributed by atoms with Crippen LogP contribution in [0.1, 0.15) is 47.4 Å². The van der Waals surface area contributed by atoms with E-state index in [1.165, 1.54) is 29.2 Å². The van der Waals surface area contributed by atoms with Crippen LogP contribution in [0.15, 0.2) is 48.5 Å². The Kier molecular flexibility index (Phi) is 7.52. The number of phenols is 1. The highest BCUT2D eigenvalue weighted by molar-refractivity contribution is 6.03. The first-order chi connectivity index (χ1) is 17.6. The van der Waals surface area contributed by atoms with Gasteiger partial charge < -0.3 is 25.1 Å². The number of rotatable bonds is 7. The molecule has 9 heteroatoms. The normalized spacial score (nSPS) is 19.6. The first-order valence-electron chi connectivity index (χ1n) is 12.6. The van der Waals surface area contributed by atoms with E-state index < -0.39 is 18.1 Å². The number of Topliss-reactive ketones (excluding diaryl/α,β-unsaturated/α-hetero) is 1. The minimum absolute atomic E-state index is 0.0523. The summed E-state index contributed by atoms with van der Waals surface area (Å²) in [4.78, 5) is 57.8. The molecule has 2 heterocycles. The van der Waals surface area contributed by atoms with Crippen LogP contribution in [-0.2, 0) is 9.59 Å². The van der Waals surface area contributed by atoms with Gasteiger partial charge >= 0.3 is 0 Å². The predicted octanol–water partition coefficient (Wildman–Crippen LogP) is 2.30. The van der Waals surface area contributed by atoms with Crippen LogP contribution in [0.2, 0.25) is 0 Å². The molecule has 0 aromatic heterocycles. The number of nitrogens with one attached hydrogen (secondary N) is 1. The number of likely N-dealkylation sites (tertiary alicyclic amines) is 2. The zero-order chi connectivity index (χ0) is 26.9. The van der Waals surface area contributed by atoms with Crippen LogP contribution < -0.4 is 10.2 Å². The number of benzene rings is 2. The van der Waals surface area contributed by atoms with Gasteiger partial charge in [-0.25, -0.2) is 0 Å². The quantitative estimate of drug-likeness (QED) is 0.596. The summed E-state index contributed by atoms with van der Waals surface area (Å²) < 4.78 is 0. The fraction of sp³-hybridized carbons (Fsp3) is 0.429. The number of carbonyl (C=O) groups excluding carboxylic acids is 4. The molecule has 2 aliphatic heterocycles. The molecule has 0 bridgehead atoms. The van der Waals surface area contributed by atoms with E-state index in [2.05, 4.69) is 5.32 Å². The van der Waals surface area contributed by atoms with E-state index >= 15 is 0 Å². The summed E-state index contributed by atoms with van der Waals surface area (Å²) in [6.07, 6.45) is 0.916. The van der Waals surface area contributed by atoms with Crippen molar-refractivity contribution in [2.45, 2.75) is 44.8 Å². The molecule has 2 unspecified atom stereocenters. The van der Waals surface area contributed by atoms with Gasteiger partial charge in [0.25, 0.3) is 11.8 Å². The standard InChI is InChI=1S/C28H34N4O5/c1-17(2)15-22(29-26(35)18-5-9-20(10-6-18)30(3)4)28(37)31-14-13-23-25(31)24(34)16-32(23)27(36)19-7-11-21(33)12-8-19/h5-12,17,22-23,25,33H,13-16H2,1-4H3,(H,29,35)/t22-,23?,25?/m0/s1. The van der Waals surface area contributed by atoms with Gasteiger partial charge in [-0.2, -0.15) is 0 Å². The molecule has 0 saturated carbocycles. The van der Waals surface area contributed by atoms with Gasteiger partial charge in [0, 0.05) is 37.5 Å². The maximum atomic E-state index is 13.7. The lowest BCUT2D eigenvalue weighted by molar-refractivity contribution is -0.138. The Balaban J connectivity index is 1.49. The van der Waals surface area contributed by atoms with E-state index in [1.807, 2.05) is 45.0 Å². The first-order valence-corrected chi connectivity index (χ1v) is 12.6. The third kappa shape index (κ3) is 5.45. The fourth-order valence-electron chi connectivity index (χ4n) is 5.15. The van der Waals surface area contributed by atoms with E-state index in [1.54, 1.807) is 17.0 Å². The van der Waals surface area contributed by atoms with E-state index in [9.17, 15) is 24.3 Å². The number of phenolic OH excluding ortho intramolecular Hbond substituents is 1. The minimum Gasteiger partial charge on any atom is -0.508 e. The third-order valence-corrected chi connectivity index (χ3v) is 7.04. The van der Waals surface area contributed by atoms with Gasteiger partial charge in [0.15, 0.2) is 5.78 Å². The molecule has 2 aromatic carbocycles. The van der Waals surface area contributed by atoms with Crippen LogP contribution in [0.4, 0.5) is 5.69 Å². The molecule has 2 fully saturated rings. The molecule has 196 valence electrons. The van der Waals surface area contributed by atoms with E-state index in [4.69, 9.17) is 0 Å². The molecule has 4 rings (SSSR count). The summed E-state index contributed by atoms with van der Waals surface area (Å²) in [6, 6.07) is 11.1. The van der Waals surface area contributed by atoms with Crippen LogP contribution in [0.3, 0.4) is 0 Å². The third-order valence-electron chi connectivity index (χ3n) is 7.04. The molecule has 2 N–H and O–H groups in total. The molecule has 3 atom stereocenters. The Hall–Kier alpha value is -3.88. The SMILES string of the molecule is CC(C)C[C@H](NC(=O)c1ccc(N(C)C)cc1)C(=O)N1CCC2C1C(=O)CN2C(=O)c1ccc(O)cc1. The Labute approximate surface area is 217 Å². The second kappa shape index (κ2) is 10.6. The second-order valence-electron chi connectivity index (χ2n) is 10.4.